The summed E-state index contributed by atoms with van der Waals surface area (Å²) < 4.78 is 0.922. The summed E-state index contributed by atoms with van der Waals surface area (Å²) >= 11 is 7.43. The van der Waals surface area contributed by atoms with Gasteiger partial charge in [-0.15, -0.1) is 11.3 Å². The fourth-order valence-electron chi connectivity index (χ4n) is 2.75. The highest BCUT2D eigenvalue weighted by molar-refractivity contribution is 7.17. The summed E-state index contributed by atoms with van der Waals surface area (Å²) in [4.78, 5) is 24.9. The van der Waals surface area contributed by atoms with Crippen LogP contribution >= 0.6 is 22.9 Å². The van der Waals surface area contributed by atoms with Crippen LogP contribution in [0.3, 0.4) is 0 Å². The number of fused-ring (bicyclic) bond motifs is 2. The third kappa shape index (κ3) is 3.02. The van der Waals surface area contributed by atoms with E-state index >= 15 is 0 Å². The number of carbonyl (C=O) groups excluding carboxylic acids is 2. The number of anilines is 1. The van der Waals surface area contributed by atoms with Gasteiger partial charge < -0.3 is 5.32 Å². The second kappa shape index (κ2) is 6.31. The van der Waals surface area contributed by atoms with E-state index in [1.54, 1.807) is 23.6 Å². The minimum absolute atomic E-state index is 0.376. The molecule has 1 N–H and O–H groups in total. The molecule has 3 nitrogen and oxygen atoms in total. The van der Waals surface area contributed by atoms with Crippen LogP contribution in [0.5, 0.6) is 0 Å². The van der Waals surface area contributed by atoms with Crippen LogP contribution < -0.4 is 5.32 Å². The number of thiophene rings is 1. The minimum Gasteiger partial charge on any atom is -0.319 e. The predicted molar refractivity (Wildman–Crippen MR) is 104 cm³/mol. The van der Waals surface area contributed by atoms with E-state index in [0.717, 1.165) is 15.5 Å². The first-order chi connectivity index (χ1) is 12.1. The van der Waals surface area contributed by atoms with Gasteiger partial charge in [0, 0.05) is 31.7 Å². The highest BCUT2D eigenvalue weighted by atomic mass is 35.5. The molecule has 0 saturated heterocycles. The lowest BCUT2D eigenvalue weighted by Crippen LogP contribution is -2.22. The molecule has 3 aromatic carbocycles. The van der Waals surface area contributed by atoms with Crippen molar-refractivity contribution in [1.29, 1.82) is 0 Å². The molecule has 0 aliphatic heterocycles. The summed E-state index contributed by atoms with van der Waals surface area (Å²) in [6.45, 7) is 0. The fraction of sp³-hybridized carbons (Fsp3) is 0. The van der Waals surface area contributed by atoms with Gasteiger partial charge in [0.15, 0.2) is 0 Å². The molecule has 1 aromatic heterocycles. The maximum atomic E-state index is 12.6. The van der Waals surface area contributed by atoms with Gasteiger partial charge in [0.25, 0.3) is 11.7 Å². The first kappa shape index (κ1) is 15.8. The van der Waals surface area contributed by atoms with Crippen molar-refractivity contribution in [3.8, 4) is 0 Å². The van der Waals surface area contributed by atoms with Crippen molar-refractivity contribution < 1.29 is 9.59 Å². The molecule has 4 rings (SSSR count). The molecule has 0 atom stereocenters. The Kier molecular flexibility index (Phi) is 3.99. The molecule has 4 aromatic rings. The normalized spacial score (nSPS) is 10.9. The van der Waals surface area contributed by atoms with Crippen molar-refractivity contribution in [2.45, 2.75) is 0 Å². The van der Waals surface area contributed by atoms with Crippen molar-refractivity contribution in [2.75, 3.05) is 5.32 Å². The van der Waals surface area contributed by atoms with E-state index in [-0.39, 0.29) is 0 Å². The van der Waals surface area contributed by atoms with Gasteiger partial charge in [-0.05, 0) is 41.1 Å². The van der Waals surface area contributed by atoms with E-state index in [1.807, 2.05) is 42.5 Å². The SMILES string of the molecule is O=C(Nc1ccc2ccccc2c1)C(=O)c1csc2ccc(Cl)cc12. The van der Waals surface area contributed by atoms with Crippen LogP contribution in [0.2, 0.25) is 5.02 Å². The number of benzene rings is 3. The van der Waals surface area contributed by atoms with Crippen LogP contribution in [0, 0.1) is 0 Å². The van der Waals surface area contributed by atoms with Gasteiger partial charge in [-0.25, -0.2) is 0 Å². The third-order valence-corrected chi connectivity index (χ3v) is 5.19. The number of Topliss-reactive ketones (excluding diaryl/α,β-unsaturated/α-hetero) is 1. The lowest BCUT2D eigenvalue weighted by Gasteiger charge is -2.06. The quantitative estimate of drug-likeness (QED) is 0.383. The highest BCUT2D eigenvalue weighted by Gasteiger charge is 2.20. The first-order valence-corrected chi connectivity index (χ1v) is 8.89. The molecule has 0 radical (unpaired) electrons. The van der Waals surface area contributed by atoms with Crippen LogP contribution in [0.25, 0.3) is 20.9 Å². The van der Waals surface area contributed by atoms with E-state index in [1.165, 1.54) is 11.3 Å². The lowest BCUT2D eigenvalue weighted by atomic mass is 10.1. The summed E-state index contributed by atoms with van der Waals surface area (Å²) in [7, 11) is 0. The number of carbonyl (C=O) groups is 2. The molecule has 5 heteroatoms. The fourth-order valence-corrected chi connectivity index (χ4v) is 3.85. The number of amides is 1. The zero-order valence-corrected chi connectivity index (χ0v) is 14.5. The largest absolute Gasteiger partial charge is 0.319 e. The minimum atomic E-state index is -0.657. The zero-order valence-electron chi connectivity index (χ0n) is 13.0. The van der Waals surface area contributed by atoms with E-state index in [9.17, 15) is 9.59 Å². The first-order valence-electron chi connectivity index (χ1n) is 7.63. The summed E-state index contributed by atoms with van der Waals surface area (Å²) in [5.74, 6) is -1.23. The van der Waals surface area contributed by atoms with E-state index in [2.05, 4.69) is 5.32 Å². The second-order valence-corrected chi connectivity index (χ2v) is 6.98. The molecule has 0 aliphatic rings. The Labute approximate surface area is 152 Å². The van der Waals surface area contributed by atoms with Crippen molar-refractivity contribution in [3.63, 3.8) is 0 Å². The molecule has 1 amide bonds. The summed E-state index contributed by atoms with van der Waals surface area (Å²) in [6.07, 6.45) is 0. The average molecular weight is 366 g/mol. The number of ketones is 1. The summed E-state index contributed by atoms with van der Waals surface area (Å²) in [5, 5.41) is 7.70. The number of halogens is 1. The number of nitrogens with one attached hydrogen (secondary N) is 1. The molecule has 0 unspecified atom stereocenters. The van der Waals surface area contributed by atoms with Gasteiger partial charge in [-0.2, -0.15) is 0 Å². The molecule has 0 fully saturated rings. The summed E-state index contributed by atoms with van der Waals surface area (Å²) in [5.41, 5.74) is 0.968. The molecular weight excluding hydrogens is 354 g/mol. The standard InChI is InChI=1S/C20H12ClNO2S/c21-14-6-8-18-16(10-14)17(11-25-18)19(23)20(24)22-15-7-5-12-3-1-2-4-13(12)9-15/h1-11H,(H,22,24). The van der Waals surface area contributed by atoms with Gasteiger partial charge in [-0.1, -0.05) is 41.9 Å². The second-order valence-electron chi connectivity index (χ2n) is 5.64. The Morgan fingerprint density at radius 2 is 1.72 bits per heavy atom. The Balaban J connectivity index is 1.62. The number of hydrogen-bond donors (Lipinski definition) is 1. The molecule has 0 saturated carbocycles. The smallest absolute Gasteiger partial charge is 0.296 e. The van der Waals surface area contributed by atoms with Crippen molar-refractivity contribution in [2.24, 2.45) is 0 Å². The van der Waals surface area contributed by atoms with E-state index in [0.29, 0.717) is 21.7 Å². The van der Waals surface area contributed by atoms with Crippen molar-refractivity contribution in [3.05, 3.63) is 76.6 Å². The van der Waals surface area contributed by atoms with Crippen LogP contribution in [0.4, 0.5) is 5.69 Å². The molecule has 0 aliphatic carbocycles. The van der Waals surface area contributed by atoms with Crippen LogP contribution in [-0.2, 0) is 4.79 Å². The van der Waals surface area contributed by atoms with E-state index in [4.69, 9.17) is 11.6 Å². The van der Waals surface area contributed by atoms with Crippen LogP contribution in [-0.4, -0.2) is 11.7 Å². The van der Waals surface area contributed by atoms with Gasteiger partial charge in [-0.3, -0.25) is 9.59 Å². The van der Waals surface area contributed by atoms with E-state index < -0.39 is 11.7 Å². The number of rotatable bonds is 3. The van der Waals surface area contributed by atoms with Crippen molar-refractivity contribution in [1.82, 2.24) is 0 Å². The summed E-state index contributed by atoms with van der Waals surface area (Å²) in [6, 6.07) is 18.7. The van der Waals surface area contributed by atoms with Crippen molar-refractivity contribution >= 4 is 61.2 Å². The van der Waals surface area contributed by atoms with Gasteiger partial charge in [0.05, 0.1) is 0 Å². The molecular formula is C20H12ClNO2S. The lowest BCUT2D eigenvalue weighted by molar-refractivity contribution is -0.112. The van der Waals surface area contributed by atoms with Gasteiger partial charge in [0.1, 0.15) is 0 Å². The molecule has 0 bridgehead atoms. The van der Waals surface area contributed by atoms with Gasteiger partial charge >= 0.3 is 0 Å². The topological polar surface area (TPSA) is 46.2 Å². The Morgan fingerprint density at radius 3 is 2.56 bits per heavy atom. The highest BCUT2D eigenvalue weighted by Crippen LogP contribution is 2.29. The Hall–Kier alpha value is -2.69. The Bertz CT molecular complexity index is 1130. The monoisotopic (exact) mass is 365 g/mol. The molecule has 0 spiro atoms. The maximum Gasteiger partial charge on any atom is 0.296 e. The van der Waals surface area contributed by atoms with Gasteiger partial charge in [0.2, 0.25) is 0 Å². The van der Waals surface area contributed by atoms with Crippen LogP contribution in [0.1, 0.15) is 10.4 Å². The molecule has 122 valence electrons. The molecule has 1 heterocycles. The Morgan fingerprint density at radius 1 is 0.920 bits per heavy atom. The maximum absolute atomic E-state index is 12.6. The number of hydrogen-bond acceptors (Lipinski definition) is 3. The predicted octanol–water partition coefficient (Wildman–Crippen LogP) is 5.53. The average Bonchev–Trinajstić information content (AvgIpc) is 3.04. The zero-order chi connectivity index (χ0) is 17.4. The molecule has 25 heavy (non-hydrogen) atoms. The third-order valence-electron chi connectivity index (χ3n) is 3.99. The van der Waals surface area contributed by atoms with Crippen LogP contribution in [0.15, 0.2) is 66.0 Å².